The van der Waals surface area contributed by atoms with Crippen molar-refractivity contribution in [3.63, 3.8) is 0 Å². The molecule has 1 N–H and O–H groups in total. The molecule has 2 aromatic carbocycles. The van der Waals surface area contributed by atoms with Gasteiger partial charge in [-0.15, -0.1) is 0 Å². The second kappa shape index (κ2) is 8.04. The topological polar surface area (TPSA) is 49.5 Å². The molecule has 4 rings (SSSR count). The van der Waals surface area contributed by atoms with Gasteiger partial charge < -0.3 is 14.4 Å². The van der Waals surface area contributed by atoms with Gasteiger partial charge in [-0.3, -0.25) is 0 Å². The standard InChI is InChI=1S/C24H22F6N2O2/c1-13-4-6-16(7-5-13)21-31-19(15(3)34-21)12-32-14(2)10-17-11-18(8-9-20(17)32)22(33,23(25,26)27)24(28,29)30/h4-9,11,14,33H,10,12H2,1-3H3. The van der Waals surface area contributed by atoms with E-state index in [1.807, 2.05) is 43.0 Å². The van der Waals surface area contributed by atoms with Crippen molar-refractivity contribution < 1.29 is 35.9 Å². The van der Waals surface area contributed by atoms with Gasteiger partial charge in [0.1, 0.15) is 11.5 Å². The molecule has 0 spiro atoms. The lowest BCUT2D eigenvalue weighted by Gasteiger charge is -2.33. The van der Waals surface area contributed by atoms with Crippen LogP contribution in [0, 0.1) is 13.8 Å². The highest BCUT2D eigenvalue weighted by molar-refractivity contribution is 5.62. The molecule has 0 fully saturated rings. The van der Waals surface area contributed by atoms with Crippen LogP contribution in [0.25, 0.3) is 11.5 Å². The predicted molar refractivity (Wildman–Crippen MR) is 113 cm³/mol. The minimum absolute atomic E-state index is 0.214. The zero-order chi connectivity index (χ0) is 25.1. The normalized spacial score (nSPS) is 16.8. The van der Waals surface area contributed by atoms with Crippen molar-refractivity contribution in [2.45, 2.75) is 57.7 Å². The predicted octanol–water partition coefficient (Wildman–Crippen LogP) is 6.22. The Labute approximate surface area is 191 Å². The van der Waals surface area contributed by atoms with Crippen LogP contribution in [0.2, 0.25) is 0 Å². The Morgan fingerprint density at radius 2 is 1.62 bits per heavy atom. The van der Waals surface area contributed by atoms with Gasteiger partial charge in [-0.05, 0) is 51.0 Å². The molecule has 3 aromatic rings. The van der Waals surface area contributed by atoms with E-state index in [1.165, 1.54) is 6.07 Å². The minimum atomic E-state index is -5.92. The molecular weight excluding hydrogens is 462 g/mol. The van der Waals surface area contributed by atoms with Crippen molar-refractivity contribution in [2.24, 2.45) is 0 Å². The second-order valence-electron chi connectivity index (χ2n) is 8.62. The minimum Gasteiger partial charge on any atom is -0.441 e. The summed E-state index contributed by atoms with van der Waals surface area (Å²) in [7, 11) is 0. The number of aryl methyl sites for hydroxylation is 2. The fourth-order valence-corrected chi connectivity index (χ4v) is 4.20. The van der Waals surface area contributed by atoms with Gasteiger partial charge in [0.25, 0.3) is 5.60 Å². The van der Waals surface area contributed by atoms with E-state index in [0.717, 1.165) is 17.2 Å². The summed E-state index contributed by atoms with van der Waals surface area (Å²) in [5.41, 5.74) is -2.94. The maximum atomic E-state index is 13.3. The number of benzene rings is 2. The fourth-order valence-electron chi connectivity index (χ4n) is 4.20. The summed E-state index contributed by atoms with van der Waals surface area (Å²) in [5.74, 6) is 0.992. The fraction of sp³-hybridized carbons (Fsp3) is 0.375. The Kier molecular flexibility index (Phi) is 5.70. The van der Waals surface area contributed by atoms with E-state index in [2.05, 4.69) is 4.98 Å². The molecule has 0 radical (unpaired) electrons. The summed E-state index contributed by atoms with van der Waals surface area (Å²) in [6.45, 7) is 5.78. The van der Waals surface area contributed by atoms with Gasteiger partial charge in [0.2, 0.25) is 5.89 Å². The maximum Gasteiger partial charge on any atom is 0.430 e. The second-order valence-corrected chi connectivity index (χ2v) is 8.62. The quantitative estimate of drug-likeness (QED) is 0.447. The van der Waals surface area contributed by atoms with Crippen molar-refractivity contribution in [3.8, 4) is 11.5 Å². The Balaban J connectivity index is 1.65. The third-order valence-electron chi connectivity index (χ3n) is 6.19. The molecule has 0 amide bonds. The average Bonchev–Trinajstić information content (AvgIpc) is 3.25. The van der Waals surface area contributed by atoms with Gasteiger partial charge in [-0.25, -0.2) is 4.98 Å². The number of alkyl halides is 6. The number of hydrogen-bond donors (Lipinski definition) is 1. The number of anilines is 1. The van der Waals surface area contributed by atoms with Crippen LogP contribution in [0.4, 0.5) is 32.0 Å². The van der Waals surface area contributed by atoms with Gasteiger partial charge >= 0.3 is 12.4 Å². The zero-order valence-corrected chi connectivity index (χ0v) is 18.6. The highest BCUT2D eigenvalue weighted by Gasteiger charge is 2.71. The van der Waals surface area contributed by atoms with Gasteiger partial charge in [-0.1, -0.05) is 29.8 Å². The first-order valence-electron chi connectivity index (χ1n) is 10.5. The van der Waals surface area contributed by atoms with Crippen LogP contribution in [-0.4, -0.2) is 28.5 Å². The van der Waals surface area contributed by atoms with E-state index < -0.39 is 23.5 Å². The molecule has 34 heavy (non-hydrogen) atoms. The molecule has 0 saturated heterocycles. The lowest BCUT2D eigenvalue weighted by atomic mass is 9.90. The summed E-state index contributed by atoms with van der Waals surface area (Å²) >= 11 is 0. The summed E-state index contributed by atoms with van der Waals surface area (Å²) in [6.07, 6.45) is -11.6. The molecule has 10 heteroatoms. The molecule has 2 heterocycles. The first kappa shape index (κ1) is 24.1. The molecule has 1 unspecified atom stereocenters. The zero-order valence-electron chi connectivity index (χ0n) is 18.6. The molecule has 1 aliphatic heterocycles. The van der Waals surface area contributed by atoms with Crippen molar-refractivity contribution in [2.75, 3.05) is 4.90 Å². The summed E-state index contributed by atoms with van der Waals surface area (Å²) < 4.78 is 85.5. The first-order chi connectivity index (χ1) is 15.7. The van der Waals surface area contributed by atoms with Crippen LogP contribution >= 0.6 is 0 Å². The molecule has 1 atom stereocenters. The average molecular weight is 484 g/mol. The molecule has 0 aliphatic carbocycles. The number of halogens is 6. The van der Waals surface area contributed by atoms with E-state index in [0.29, 0.717) is 29.1 Å². The summed E-state index contributed by atoms with van der Waals surface area (Å²) in [6, 6.07) is 10.0. The lowest BCUT2D eigenvalue weighted by molar-refractivity contribution is -0.376. The summed E-state index contributed by atoms with van der Waals surface area (Å²) in [4.78, 5) is 6.41. The van der Waals surface area contributed by atoms with Crippen LogP contribution in [0.5, 0.6) is 0 Å². The van der Waals surface area contributed by atoms with Crippen molar-refractivity contribution in [1.29, 1.82) is 0 Å². The van der Waals surface area contributed by atoms with E-state index in [1.54, 1.807) is 6.92 Å². The summed E-state index contributed by atoms with van der Waals surface area (Å²) in [5, 5.41) is 9.73. The number of nitrogens with zero attached hydrogens (tertiary/aromatic N) is 2. The first-order valence-corrected chi connectivity index (χ1v) is 10.5. The van der Waals surface area contributed by atoms with Crippen LogP contribution < -0.4 is 4.90 Å². The molecular formula is C24H22F6N2O2. The molecule has 1 aromatic heterocycles. The highest BCUT2D eigenvalue weighted by Crippen LogP contribution is 2.51. The van der Waals surface area contributed by atoms with E-state index >= 15 is 0 Å². The lowest BCUT2D eigenvalue weighted by Crippen LogP contribution is -2.53. The molecule has 0 saturated carbocycles. The van der Waals surface area contributed by atoms with Crippen LogP contribution in [0.3, 0.4) is 0 Å². The SMILES string of the molecule is Cc1ccc(-c2nc(CN3c4ccc(C(O)(C(F)(F)F)C(F)(F)F)cc4CC3C)c(C)o2)cc1. The highest BCUT2D eigenvalue weighted by atomic mass is 19.4. The third-order valence-corrected chi connectivity index (χ3v) is 6.19. The molecule has 1 aliphatic rings. The molecule has 4 nitrogen and oxygen atoms in total. The van der Waals surface area contributed by atoms with Crippen molar-refractivity contribution >= 4 is 5.69 Å². The van der Waals surface area contributed by atoms with Gasteiger partial charge in [0.05, 0.1) is 6.54 Å². The Morgan fingerprint density at radius 3 is 2.21 bits per heavy atom. The van der Waals surface area contributed by atoms with Gasteiger partial charge in [0, 0.05) is 22.9 Å². The number of aliphatic hydroxyl groups is 1. The molecule has 0 bridgehead atoms. The van der Waals surface area contributed by atoms with Gasteiger partial charge in [0.15, 0.2) is 0 Å². The van der Waals surface area contributed by atoms with Crippen molar-refractivity contribution in [3.05, 3.63) is 70.6 Å². The number of hydrogen-bond acceptors (Lipinski definition) is 4. The van der Waals surface area contributed by atoms with Crippen molar-refractivity contribution in [1.82, 2.24) is 4.98 Å². The number of aromatic nitrogens is 1. The maximum absolute atomic E-state index is 13.3. The smallest absolute Gasteiger partial charge is 0.430 e. The van der Waals surface area contributed by atoms with Crippen LogP contribution in [0.15, 0.2) is 46.9 Å². The third kappa shape index (κ3) is 3.93. The van der Waals surface area contributed by atoms with Gasteiger partial charge in [-0.2, -0.15) is 26.3 Å². The van der Waals surface area contributed by atoms with Crippen LogP contribution in [-0.2, 0) is 18.6 Å². The monoisotopic (exact) mass is 484 g/mol. The Bertz CT molecular complexity index is 1180. The van der Waals surface area contributed by atoms with Crippen LogP contribution in [0.1, 0.15) is 35.1 Å². The number of oxazole rings is 1. The Morgan fingerprint density at radius 1 is 1.00 bits per heavy atom. The Hall–Kier alpha value is -3.01. The molecule has 182 valence electrons. The largest absolute Gasteiger partial charge is 0.441 e. The van der Waals surface area contributed by atoms with E-state index in [4.69, 9.17) is 4.42 Å². The van der Waals surface area contributed by atoms with E-state index in [-0.39, 0.29) is 24.6 Å². The number of rotatable bonds is 4. The number of fused-ring (bicyclic) bond motifs is 1. The van der Waals surface area contributed by atoms with E-state index in [9.17, 15) is 31.4 Å².